The second kappa shape index (κ2) is 7.96. The number of rotatable bonds is 7. The van der Waals surface area contributed by atoms with Crippen LogP contribution in [0, 0.1) is 6.92 Å². The average molecular weight is 354 g/mol. The fraction of sp³-hybridized carbons (Fsp3) is 0.615. The molecule has 0 saturated carbocycles. The molecule has 9 heteroatoms. The van der Waals surface area contributed by atoms with Crippen LogP contribution in [0.3, 0.4) is 0 Å². The monoisotopic (exact) mass is 353 g/mol. The summed E-state index contributed by atoms with van der Waals surface area (Å²) in [5.74, 6) is -0.137. The van der Waals surface area contributed by atoms with Gasteiger partial charge in [0.1, 0.15) is 5.76 Å². The van der Waals surface area contributed by atoms with E-state index in [4.69, 9.17) is 10.2 Å². The van der Waals surface area contributed by atoms with Gasteiger partial charge < -0.3 is 15.5 Å². The number of nitrogens with two attached hydrogens (primary N) is 1. The van der Waals surface area contributed by atoms with Crippen molar-refractivity contribution in [3.63, 3.8) is 0 Å². The Morgan fingerprint density at radius 2 is 1.91 bits per heavy atom. The zero-order chi connectivity index (χ0) is 16.3. The maximum atomic E-state index is 12.3. The summed E-state index contributed by atoms with van der Waals surface area (Å²) in [6, 6.07) is 1.23. The van der Waals surface area contributed by atoms with Crippen LogP contribution in [0.5, 0.6) is 0 Å². The molecule has 0 atom stereocenters. The smallest absolute Gasteiger partial charge is 0.273 e. The molecular formula is C13H24ClN3O4S. The van der Waals surface area contributed by atoms with Crippen LogP contribution in [-0.4, -0.2) is 33.5 Å². The molecule has 1 aromatic rings. The van der Waals surface area contributed by atoms with Crippen molar-refractivity contribution in [3.05, 3.63) is 17.4 Å². The number of carbonyl (C=O) groups is 1. The van der Waals surface area contributed by atoms with Crippen LogP contribution < -0.4 is 15.8 Å². The number of carbonyl (C=O) groups excluding carboxylic acids is 1. The van der Waals surface area contributed by atoms with E-state index in [0.29, 0.717) is 19.4 Å². The van der Waals surface area contributed by atoms with Gasteiger partial charge in [0.15, 0.2) is 0 Å². The van der Waals surface area contributed by atoms with Crippen molar-refractivity contribution in [2.45, 2.75) is 44.2 Å². The number of sulfonamides is 1. The van der Waals surface area contributed by atoms with E-state index in [2.05, 4.69) is 10.0 Å². The Balaban J connectivity index is 0.00000441. The Morgan fingerprint density at radius 1 is 1.36 bits per heavy atom. The van der Waals surface area contributed by atoms with Crippen LogP contribution in [-0.2, 0) is 10.0 Å². The number of nitrogens with one attached hydrogen (secondary N) is 2. The van der Waals surface area contributed by atoms with Crippen molar-refractivity contribution < 1.29 is 17.6 Å². The summed E-state index contributed by atoms with van der Waals surface area (Å²) in [5, 5.41) is 2.60. The largest absolute Gasteiger partial charge is 0.448 e. The fourth-order valence-corrected chi connectivity index (χ4v) is 2.70. The third-order valence-corrected chi connectivity index (χ3v) is 5.06. The molecular weight excluding hydrogens is 330 g/mol. The average Bonchev–Trinajstić information content (AvgIpc) is 2.87. The number of amides is 1. The highest BCUT2D eigenvalue weighted by Gasteiger charge is 2.29. The Kier molecular flexibility index (Phi) is 7.56. The number of hydrogen-bond donors (Lipinski definition) is 3. The lowest BCUT2D eigenvalue weighted by atomic mass is 9.92. The Morgan fingerprint density at radius 3 is 2.32 bits per heavy atom. The molecule has 22 heavy (non-hydrogen) atoms. The summed E-state index contributed by atoms with van der Waals surface area (Å²) in [5.41, 5.74) is 5.45. The lowest BCUT2D eigenvalue weighted by Crippen LogP contribution is -2.52. The summed E-state index contributed by atoms with van der Waals surface area (Å²) >= 11 is 0. The van der Waals surface area contributed by atoms with Gasteiger partial charge in [-0.2, -0.15) is 0 Å². The first kappa shape index (κ1) is 20.9. The number of hydrogen-bond acceptors (Lipinski definition) is 5. The summed E-state index contributed by atoms with van der Waals surface area (Å²) in [7, 11) is -2.44. The summed E-state index contributed by atoms with van der Waals surface area (Å²) in [6.45, 7) is 5.74. The van der Waals surface area contributed by atoms with Gasteiger partial charge in [0, 0.05) is 12.6 Å². The quantitative estimate of drug-likeness (QED) is 0.680. The summed E-state index contributed by atoms with van der Waals surface area (Å²) in [4.78, 5) is 12.3. The van der Waals surface area contributed by atoms with Gasteiger partial charge in [-0.05, 0) is 26.8 Å². The highest BCUT2D eigenvalue weighted by molar-refractivity contribution is 7.89. The van der Waals surface area contributed by atoms with E-state index in [1.165, 1.54) is 13.1 Å². The molecule has 1 aromatic heterocycles. The van der Waals surface area contributed by atoms with Gasteiger partial charge in [-0.15, -0.1) is 12.4 Å². The van der Waals surface area contributed by atoms with Gasteiger partial charge in [-0.25, -0.2) is 13.1 Å². The van der Waals surface area contributed by atoms with Crippen molar-refractivity contribution in [1.82, 2.24) is 10.0 Å². The molecule has 0 saturated heterocycles. The van der Waals surface area contributed by atoms with E-state index in [1.54, 1.807) is 6.92 Å². The second-order valence-corrected chi connectivity index (χ2v) is 6.71. The molecule has 1 heterocycles. The number of furan rings is 1. The second-order valence-electron chi connectivity index (χ2n) is 4.89. The molecule has 0 unspecified atom stereocenters. The lowest BCUT2D eigenvalue weighted by Gasteiger charge is -2.31. The standard InChI is InChI=1S/C13H23N3O4S.ClH/c1-5-13(6-2,8-14)16-12(17)10-7-11(20-9(10)3)21(18,19)15-4;/h7,15H,5-6,8,14H2,1-4H3,(H,16,17);1H. The van der Waals surface area contributed by atoms with Crippen LogP contribution in [0.4, 0.5) is 0 Å². The first-order chi connectivity index (χ1) is 9.75. The molecule has 0 fully saturated rings. The summed E-state index contributed by atoms with van der Waals surface area (Å²) in [6.07, 6.45) is 1.37. The lowest BCUT2D eigenvalue weighted by molar-refractivity contribution is 0.0893. The van der Waals surface area contributed by atoms with E-state index < -0.39 is 15.6 Å². The maximum absolute atomic E-state index is 12.3. The topological polar surface area (TPSA) is 114 Å². The Bertz CT molecular complexity index is 601. The van der Waals surface area contributed by atoms with Gasteiger partial charge in [-0.3, -0.25) is 4.79 Å². The number of aryl methyl sites for hydroxylation is 1. The SMILES string of the molecule is CCC(CC)(CN)NC(=O)c1cc(S(=O)(=O)NC)oc1C.Cl. The Labute approximate surface area is 137 Å². The van der Waals surface area contributed by atoms with Gasteiger partial charge in [0.05, 0.1) is 11.1 Å². The fourth-order valence-electron chi connectivity index (χ4n) is 1.99. The van der Waals surface area contributed by atoms with Gasteiger partial charge >= 0.3 is 0 Å². The molecule has 7 nitrogen and oxygen atoms in total. The van der Waals surface area contributed by atoms with E-state index >= 15 is 0 Å². The molecule has 0 aromatic carbocycles. The maximum Gasteiger partial charge on any atom is 0.273 e. The predicted molar refractivity (Wildman–Crippen MR) is 86.8 cm³/mol. The highest BCUT2D eigenvalue weighted by Crippen LogP contribution is 2.21. The molecule has 0 aliphatic heterocycles. The first-order valence-electron chi connectivity index (χ1n) is 6.81. The minimum Gasteiger partial charge on any atom is -0.448 e. The van der Waals surface area contributed by atoms with E-state index in [-0.39, 0.29) is 34.7 Å². The van der Waals surface area contributed by atoms with Crippen molar-refractivity contribution in [3.8, 4) is 0 Å². The van der Waals surface area contributed by atoms with Crippen molar-refractivity contribution in [2.24, 2.45) is 5.73 Å². The third-order valence-electron chi connectivity index (χ3n) is 3.80. The minimum atomic E-state index is -3.72. The minimum absolute atomic E-state index is 0. The van der Waals surface area contributed by atoms with Crippen LogP contribution in [0.15, 0.2) is 15.6 Å². The zero-order valence-electron chi connectivity index (χ0n) is 13.2. The molecule has 1 rings (SSSR count). The molecule has 0 aliphatic rings. The molecule has 0 bridgehead atoms. The molecule has 0 radical (unpaired) electrons. The first-order valence-corrected chi connectivity index (χ1v) is 8.30. The molecule has 0 spiro atoms. The van der Waals surface area contributed by atoms with E-state index in [0.717, 1.165) is 0 Å². The van der Waals surface area contributed by atoms with Crippen molar-refractivity contribution >= 4 is 28.3 Å². The van der Waals surface area contributed by atoms with Crippen molar-refractivity contribution in [2.75, 3.05) is 13.6 Å². The third kappa shape index (κ3) is 4.22. The van der Waals surface area contributed by atoms with E-state index in [1.807, 2.05) is 13.8 Å². The molecule has 4 N–H and O–H groups in total. The van der Waals surface area contributed by atoms with Crippen LogP contribution >= 0.6 is 12.4 Å². The molecule has 1 amide bonds. The number of halogens is 1. The van der Waals surface area contributed by atoms with Crippen LogP contribution in [0.2, 0.25) is 0 Å². The van der Waals surface area contributed by atoms with Crippen LogP contribution in [0.25, 0.3) is 0 Å². The molecule has 0 aliphatic carbocycles. The van der Waals surface area contributed by atoms with E-state index in [9.17, 15) is 13.2 Å². The normalized spacial score (nSPS) is 11.9. The highest BCUT2D eigenvalue weighted by atomic mass is 35.5. The molecule has 128 valence electrons. The van der Waals surface area contributed by atoms with Gasteiger partial charge in [0.2, 0.25) is 5.09 Å². The Hall–Kier alpha value is -1.09. The van der Waals surface area contributed by atoms with Gasteiger partial charge in [0.25, 0.3) is 15.9 Å². The summed E-state index contributed by atoms with van der Waals surface area (Å²) < 4.78 is 30.7. The predicted octanol–water partition coefficient (Wildman–Crippen LogP) is 1.17. The zero-order valence-corrected chi connectivity index (χ0v) is 14.9. The van der Waals surface area contributed by atoms with Gasteiger partial charge in [-0.1, -0.05) is 13.8 Å². The van der Waals surface area contributed by atoms with Crippen LogP contribution in [0.1, 0.15) is 42.8 Å². The van der Waals surface area contributed by atoms with Crippen molar-refractivity contribution in [1.29, 1.82) is 0 Å².